The molecule has 0 radical (unpaired) electrons. The van der Waals surface area contributed by atoms with E-state index in [1.807, 2.05) is 0 Å². The molecular formula is C10H19ClO10. The van der Waals surface area contributed by atoms with Crippen LogP contribution in [0.25, 0.3) is 0 Å². The second-order valence-electron chi connectivity index (χ2n) is 4.26. The number of ether oxygens (including phenoxy) is 1. The lowest BCUT2D eigenvalue weighted by molar-refractivity contribution is -0.182. The van der Waals surface area contributed by atoms with Gasteiger partial charge in [-0.2, -0.15) is 0 Å². The van der Waals surface area contributed by atoms with Gasteiger partial charge in [-0.25, -0.2) is 4.79 Å². The van der Waals surface area contributed by atoms with Crippen molar-refractivity contribution in [1.29, 1.82) is 0 Å². The van der Waals surface area contributed by atoms with Crippen LogP contribution in [0, 0.1) is 0 Å². The minimum atomic E-state index is -2.21. The van der Waals surface area contributed by atoms with Gasteiger partial charge in [-0.1, -0.05) is 0 Å². The molecule has 0 heterocycles. The van der Waals surface area contributed by atoms with Gasteiger partial charge in [0.15, 0.2) is 6.10 Å². The van der Waals surface area contributed by atoms with Crippen molar-refractivity contribution >= 4 is 17.8 Å². The molecule has 0 rings (SSSR count). The minimum Gasteiger partial charge on any atom is -0.467 e. The minimum absolute atomic E-state index is 0.587. The molecule has 7 atom stereocenters. The number of rotatable bonds is 9. The van der Waals surface area contributed by atoms with Crippen molar-refractivity contribution in [3.63, 3.8) is 0 Å². The summed E-state index contributed by atoms with van der Waals surface area (Å²) in [6, 6.07) is 0. The summed E-state index contributed by atoms with van der Waals surface area (Å²) in [7, 11) is 0.919. The highest BCUT2D eigenvalue weighted by atomic mass is 35.5. The first-order valence-corrected chi connectivity index (χ1v) is 6.07. The Hall–Kier alpha value is -0.560. The smallest absolute Gasteiger partial charge is 0.337 e. The Morgan fingerprint density at radius 1 is 0.905 bits per heavy atom. The van der Waals surface area contributed by atoms with Gasteiger partial charge in [0.05, 0.1) is 25.6 Å². The molecule has 0 aromatic rings. The first-order chi connectivity index (χ1) is 9.68. The van der Waals surface area contributed by atoms with Crippen LogP contribution in [-0.4, -0.2) is 98.2 Å². The first kappa shape index (κ1) is 20.4. The maximum atomic E-state index is 11.0. The number of methoxy groups -OCH3 is 1. The molecule has 7 N–H and O–H groups in total. The van der Waals surface area contributed by atoms with Crippen LogP contribution in [0.5, 0.6) is 0 Å². The molecular weight excluding hydrogens is 316 g/mol. The summed E-state index contributed by atoms with van der Waals surface area (Å²) in [6.07, 6.45) is -14.6. The van der Waals surface area contributed by atoms with Crippen LogP contribution < -0.4 is 0 Å². The Balaban J connectivity index is 4.74. The molecule has 0 aromatic carbocycles. The van der Waals surface area contributed by atoms with Crippen molar-refractivity contribution in [2.45, 2.75) is 42.7 Å². The van der Waals surface area contributed by atoms with E-state index in [-0.39, 0.29) is 0 Å². The first-order valence-electron chi connectivity index (χ1n) is 5.76. The molecule has 0 amide bonds. The van der Waals surface area contributed by atoms with Crippen LogP contribution in [0.1, 0.15) is 0 Å². The molecule has 0 saturated carbocycles. The van der Waals surface area contributed by atoms with E-state index in [1.54, 1.807) is 0 Å². The number of halogens is 1. The van der Waals surface area contributed by atoms with Crippen LogP contribution >= 0.6 is 11.9 Å². The van der Waals surface area contributed by atoms with E-state index in [1.165, 1.54) is 0 Å². The van der Waals surface area contributed by atoms with Crippen molar-refractivity contribution in [1.82, 2.24) is 0 Å². The number of esters is 1. The van der Waals surface area contributed by atoms with Crippen LogP contribution in [0.2, 0.25) is 0 Å². The molecule has 0 bridgehead atoms. The zero-order chi connectivity index (χ0) is 16.7. The fraction of sp³-hybridized carbons (Fsp3) is 0.900. The third-order valence-electron chi connectivity index (χ3n) is 2.79. The highest BCUT2D eigenvalue weighted by Crippen LogP contribution is 2.14. The summed E-state index contributed by atoms with van der Waals surface area (Å²) in [5, 5.41) is 66.2. The summed E-state index contributed by atoms with van der Waals surface area (Å²) in [6.45, 7) is -0.587. The van der Waals surface area contributed by atoms with E-state index >= 15 is 0 Å². The molecule has 11 heteroatoms. The fourth-order valence-electron chi connectivity index (χ4n) is 1.44. The number of carbonyl (C=O) groups is 1. The monoisotopic (exact) mass is 334 g/mol. The lowest BCUT2D eigenvalue weighted by atomic mass is 9.94. The number of hydrogen-bond acceptors (Lipinski definition) is 10. The predicted molar refractivity (Wildman–Crippen MR) is 65.9 cm³/mol. The second-order valence-corrected chi connectivity index (χ2v) is 4.48. The maximum absolute atomic E-state index is 11.0. The zero-order valence-corrected chi connectivity index (χ0v) is 11.7. The second kappa shape index (κ2) is 9.46. The quantitative estimate of drug-likeness (QED) is 0.205. The van der Waals surface area contributed by atoms with Gasteiger partial charge in [0.1, 0.15) is 36.6 Å². The molecule has 0 aliphatic carbocycles. The molecule has 10 nitrogen and oxygen atoms in total. The number of hydrogen-bond donors (Lipinski definition) is 7. The van der Waals surface area contributed by atoms with E-state index in [0.29, 0.717) is 0 Å². The van der Waals surface area contributed by atoms with Gasteiger partial charge in [-0.3, -0.25) is 4.29 Å². The van der Waals surface area contributed by atoms with E-state index < -0.39 is 55.3 Å². The topological polar surface area (TPSA) is 177 Å². The van der Waals surface area contributed by atoms with Crippen LogP contribution in [-0.2, 0) is 13.8 Å². The van der Waals surface area contributed by atoms with Crippen molar-refractivity contribution in [3.8, 4) is 0 Å². The van der Waals surface area contributed by atoms with Gasteiger partial charge >= 0.3 is 5.97 Å². The highest BCUT2D eigenvalue weighted by molar-refractivity contribution is 6.07. The number of carbonyl (C=O) groups excluding carboxylic acids is 1. The largest absolute Gasteiger partial charge is 0.467 e. The SMILES string of the molecule is COC(=O)C(O)C(O)C(O)C(O)C(O)C(O)C(O)COCl. The summed E-state index contributed by atoms with van der Waals surface area (Å²) in [5.41, 5.74) is 0. The van der Waals surface area contributed by atoms with E-state index in [9.17, 15) is 40.5 Å². The summed E-state index contributed by atoms with van der Waals surface area (Å²) >= 11 is 4.84. The van der Waals surface area contributed by atoms with Gasteiger partial charge in [-0.05, 0) is 0 Å². The molecule has 0 spiro atoms. The maximum Gasteiger partial charge on any atom is 0.337 e. The summed E-state index contributed by atoms with van der Waals surface area (Å²) in [5.74, 6) is -1.28. The average molecular weight is 335 g/mol. The van der Waals surface area contributed by atoms with E-state index in [0.717, 1.165) is 7.11 Å². The Kier molecular flexibility index (Phi) is 9.20. The Morgan fingerprint density at radius 2 is 1.33 bits per heavy atom. The van der Waals surface area contributed by atoms with Crippen molar-refractivity contribution in [2.24, 2.45) is 0 Å². The van der Waals surface area contributed by atoms with Crippen molar-refractivity contribution in [3.05, 3.63) is 0 Å². The number of aliphatic hydroxyl groups excluding tert-OH is 7. The summed E-state index contributed by atoms with van der Waals surface area (Å²) < 4.78 is 8.12. The molecule has 0 saturated heterocycles. The summed E-state index contributed by atoms with van der Waals surface area (Å²) in [4.78, 5) is 11.0. The molecule has 0 fully saturated rings. The molecule has 7 unspecified atom stereocenters. The standard InChI is InChI=1S/C10H19ClO10/c1-20-10(19)9(18)8(17)7(16)6(15)5(14)4(13)3(12)2-21-11/h3-9,12-18H,2H2,1H3. The molecule has 21 heavy (non-hydrogen) atoms. The predicted octanol–water partition coefficient (Wildman–Crippen LogP) is -4.14. The average Bonchev–Trinajstić information content (AvgIpc) is 2.49. The fourth-order valence-corrected chi connectivity index (χ4v) is 1.57. The normalized spacial score (nSPS) is 21.8. The highest BCUT2D eigenvalue weighted by Gasteiger charge is 2.41. The van der Waals surface area contributed by atoms with E-state index in [2.05, 4.69) is 9.03 Å². The van der Waals surface area contributed by atoms with Gasteiger partial charge in [-0.15, -0.1) is 0 Å². The Labute approximate surface area is 124 Å². The molecule has 126 valence electrons. The van der Waals surface area contributed by atoms with Gasteiger partial charge in [0, 0.05) is 0 Å². The lowest BCUT2D eigenvalue weighted by Gasteiger charge is -2.31. The molecule has 0 aliphatic heterocycles. The third kappa shape index (κ3) is 5.62. The zero-order valence-electron chi connectivity index (χ0n) is 11.0. The Bertz CT molecular complexity index is 316. The van der Waals surface area contributed by atoms with Crippen LogP contribution in [0.15, 0.2) is 0 Å². The third-order valence-corrected chi connectivity index (χ3v) is 2.92. The molecule has 0 aliphatic rings. The van der Waals surface area contributed by atoms with Crippen molar-refractivity contribution < 1.29 is 49.6 Å². The number of aliphatic hydroxyl groups is 7. The van der Waals surface area contributed by atoms with Crippen LogP contribution in [0.3, 0.4) is 0 Å². The van der Waals surface area contributed by atoms with Gasteiger partial charge in [0.2, 0.25) is 0 Å². The molecule has 0 aromatic heterocycles. The van der Waals surface area contributed by atoms with Crippen molar-refractivity contribution in [2.75, 3.05) is 13.7 Å². The van der Waals surface area contributed by atoms with Crippen LogP contribution in [0.4, 0.5) is 0 Å². The Morgan fingerprint density at radius 3 is 1.76 bits per heavy atom. The van der Waals surface area contributed by atoms with E-state index in [4.69, 9.17) is 11.9 Å². The lowest BCUT2D eigenvalue weighted by Crippen LogP contribution is -2.56. The van der Waals surface area contributed by atoms with Gasteiger partial charge in [0.25, 0.3) is 0 Å². The van der Waals surface area contributed by atoms with Gasteiger partial charge < -0.3 is 40.5 Å².